The number of rotatable bonds is 2. The summed E-state index contributed by atoms with van der Waals surface area (Å²) in [5, 5.41) is 0. The molecule has 0 bridgehead atoms. The maximum absolute atomic E-state index is 14.0. The van der Waals surface area contributed by atoms with Gasteiger partial charge in [0.2, 0.25) is 0 Å². The number of halogens is 3. The smallest absolute Gasteiger partial charge is 0.196 e. The van der Waals surface area contributed by atoms with E-state index >= 15 is 0 Å². The maximum Gasteiger partial charge on any atom is 0.196 e. The number of nitrogens with two attached hydrogens (primary N) is 1. The summed E-state index contributed by atoms with van der Waals surface area (Å²) < 4.78 is 27.8. The van der Waals surface area contributed by atoms with Crippen LogP contribution in [0.1, 0.15) is 11.6 Å². The molecule has 0 aromatic heterocycles. The number of nitrogens with zero attached hydrogens (tertiary/aromatic N) is 2. The van der Waals surface area contributed by atoms with E-state index in [4.69, 9.17) is 5.73 Å². The summed E-state index contributed by atoms with van der Waals surface area (Å²) in [5.74, 6) is -0.461. The Morgan fingerprint density at radius 3 is 2.62 bits per heavy atom. The Kier molecular flexibility index (Phi) is 3.63. The van der Waals surface area contributed by atoms with Crippen LogP contribution >= 0.6 is 15.9 Å². The first-order valence-corrected chi connectivity index (χ1v) is 7.16. The minimum absolute atomic E-state index is 0.251. The second-order valence-corrected chi connectivity index (χ2v) is 5.56. The van der Waals surface area contributed by atoms with Crippen LogP contribution in [0.4, 0.5) is 14.5 Å². The van der Waals surface area contributed by atoms with Crippen molar-refractivity contribution in [3.05, 3.63) is 64.1 Å². The zero-order chi connectivity index (χ0) is 15.0. The van der Waals surface area contributed by atoms with Gasteiger partial charge in [0, 0.05) is 0 Å². The van der Waals surface area contributed by atoms with Crippen molar-refractivity contribution in [1.29, 1.82) is 0 Å². The standard InChI is InChI=1S/C15H12BrF2N3/c16-10-7-9(5-6-11(10)17)14-8-20-15(19)21(14)13-4-2-1-3-12(13)18/h1-7,14H,8H2,(H2,19,20). The monoisotopic (exact) mass is 351 g/mol. The predicted molar refractivity (Wildman–Crippen MR) is 82.2 cm³/mol. The molecule has 3 rings (SSSR count). The third-order valence-corrected chi connectivity index (χ3v) is 4.03. The Balaban J connectivity index is 2.03. The summed E-state index contributed by atoms with van der Waals surface area (Å²) in [4.78, 5) is 5.82. The summed E-state index contributed by atoms with van der Waals surface area (Å²) in [7, 11) is 0. The summed E-state index contributed by atoms with van der Waals surface area (Å²) in [5.41, 5.74) is 7.08. The van der Waals surface area contributed by atoms with Crippen molar-refractivity contribution in [1.82, 2.24) is 0 Å². The van der Waals surface area contributed by atoms with Gasteiger partial charge in [0.1, 0.15) is 11.6 Å². The largest absolute Gasteiger partial charge is 0.369 e. The lowest BCUT2D eigenvalue weighted by Crippen LogP contribution is -2.36. The van der Waals surface area contributed by atoms with E-state index in [0.29, 0.717) is 16.7 Å². The third kappa shape index (κ3) is 2.51. The molecule has 0 saturated heterocycles. The van der Waals surface area contributed by atoms with Gasteiger partial charge in [-0.15, -0.1) is 0 Å². The SMILES string of the molecule is NC1=NCC(c2ccc(F)c(Br)c2)N1c1ccccc1F. The second-order valence-electron chi connectivity index (χ2n) is 4.71. The molecule has 2 aromatic carbocycles. The van der Waals surface area contributed by atoms with E-state index in [9.17, 15) is 8.78 Å². The van der Waals surface area contributed by atoms with E-state index in [2.05, 4.69) is 20.9 Å². The van der Waals surface area contributed by atoms with E-state index in [1.165, 1.54) is 12.1 Å². The second kappa shape index (κ2) is 5.44. The average molecular weight is 352 g/mol. The number of hydrogen-bond donors (Lipinski definition) is 1. The molecule has 0 amide bonds. The minimum atomic E-state index is -0.372. The van der Waals surface area contributed by atoms with Crippen LogP contribution in [0.2, 0.25) is 0 Å². The highest BCUT2D eigenvalue weighted by atomic mass is 79.9. The molecule has 108 valence electrons. The Morgan fingerprint density at radius 1 is 1.14 bits per heavy atom. The van der Waals surface area contributed by atoms with Gasteiger partial charge >= 0.3 is 0 Å². The van der Waals surface area contributed by atoms with Crippen LogP contribution in [0, 0.1) is 11.6 Å². The lowest BCUT2D eigenvalue weighted by atomic mass is 10.1. The molecule has 1 heterocycles. The van der Waals surface area contributed by atoms with Gasteiger partial charge in [0.15, 0.2) is 5.96 Å². The van der Waals surface area contributed by atoms with Crippen molar-refractivity contribution in [3.8, 4) is 0 Å². The molecule has 2 aromatic rings. The molecular weight excluding hydrogens is 340 g/mol. The summed E-state index contributed by atoms with van der Waals surface area (Å²) in [6.07, 6.45) is 0. The molecule has 0 saturated carbocycles. The third-order valence-electron chi connectivity index (χ3n) is 3.43. The number of hydrogen-bond acceptors (Lipinski definition) is 3. The van der Waals surface area contributed by atoms with Crippen molar-refractivity contribution in [2.24, 2.45) is 10.7 Å². The fourth-order valence-electron chi connectivity index (χ4n) is 2.41. The van der Waals surface area contributed by atoms with Gasteiger partial charge in [-0.05, 0) is 45.8 Å². The highest BCUT2D eigenvalue weighted by molar-refractivity contribution is 9.10. The van der Waals surface area contributed by atoms with Crippen LogP contribution in [0.5, 0.6) is 0 Å². The van der Waals surface area contributed by atoms with Gasteiger partial charge < -0.3 is 10.6 Å². The number of aliphatic imine (C=N–C) groups is 1. The topological polar surface area (TPSA) is 41.6 Å². The fourth-order valence-corrected chi connectivity index (χ4v) is 2.81. The molecule has 1 aliphatic heterocycles. The first-order chi connectivity index (χ1) is 10.1. The normalized spacial score (nSPS) is 18.0. The van der Waals surface area contributed by atoms with Gasteiger partial charge in [-0.25, -0.2) is 8.78 Å². The molecule has 21 heavy (non-hydrogen) atoms. The van der Waals surface area contributed by atoms with Crippen molar-refractivity contribution in [3.63, 3.8) is 0 Å². The van der Waals surface area contributed by atoms with Gasteiger partial charge in [-0.2, -0.15) is 0 Å². The molecule has 1 unspecified atom stereocenters. The quantitative estimate of drug-likeness (QED) is 0.897. The molecule has 3 nitrogen and oxygen atoms in total. The van der Waals surface area contributed by atoms with E-state index < -0.39 is 0 Å². The first kappa shape index (κ1) is 14.0. The lowest BCUT2D eigenvalue weighted by molar-refractivity contribution is 0.613. The van der Waals surface area contributed by atoms with Gasteiger partial charge in [0.25, 0.3) is 0 Å². The summed E-state index contributed by atoms with van der Waals surface area (Å²) >= 11 is 3.16. The Hall–Kier alpha value is -1.95. The minimum Gasteiger partial charge on any atom is -0.369 e. The van der Waals surface area contributed by atoms with E-state index in [0.717, 1.165) is 5.56 Å². The average Bonchev–Trinajstić information content (AvgIpc) is 2.84. The molecule has 0 spiro atoms. The molecule has 0 aliphatic carbocycles. The highest BCUT2D eigenvalue weighted by Crippen LogP contribution is 2.33. The maximum atomic E-state index is 14.0. The van der Waals surface area contributed by atoms with E-state index in [1.807, 2.05) is 0 Å². The van der Waals surface area contributed by atoms with Gasteiger partial charge in [0.05, 0.1) is 22.7 Å². The van der Waals surface area contributed by atoms with Gasteiger partial charge in [-0.1, -0.05) is 18.2 Å². The van der Waals surface area contributed by atoms with Crippen molar-refractivity contribution in [2.45, 2.75) is 6.04 Å². The van der Waals surface area contributed by atoms with Crippen LogP contribution in [-0.4, -0.2) is 12.5 Å². The van der Waals surface area contributed by atoms with E-state index in [-0.39, 0.29) is 23.6 Å². The van der Waals surface area contributed by atoms with Crippen LogP contribution in [0.15, 0.2) is 51.9 Å². The van der Waals surface area contributed by atoms with Crippen LogP contribution in [-0.2, 0) is 0 Å². The molecule has 1 atom stereocenters. The number of guanidine groups is 1. The Morgan fingerprint density at radius 2 is 1.90 bits per heavy atom. The van der Waals surface area contributed by atoms with E-state index in [1.54, 1.807) is 35.2 Å². The molecule has 1 aliphatic rings. The fraction of sp³-hybridized carbons (Fsp3) is 0.133. The zero-order valence-corrected chi connectivity index (χ0v) is 12.5. The molecule has 0 fully saturated rings. The molecule has 2 N–H and O–H groups in total. The molecule has 0 radical (unpaired) electrons. The summed E-state index contributed by atoms with van der Waals surface area (Å²) in [6.45, 7) is 0.401. The number of para-hydroxylation sites is 1. The van der Waals surface area contributed by atoms with Crippen molar-refractivity contribution in [2.75, 3.05) is 11.4 Å². The zero-order valence-electron chi connectivity index (χ0n) is 10.9. The van der Waals surface area contributed by atoms with Crippen LogP contribution in [0.25, 0.3) is 0 Å². The van der Waals surface area contributed by atoms with Gasteiger partial charge in [-0.3, -0.25) is 4.99 Å². The summed E-state index contributed by atoms with van der Waals surface area (Å²) in [6, 6.07) is 10.8. The number of benzene rings is 2. The lowest BCUT2D eigenvalue weighted by Gasteiger charge is -2.27. The first-order valence-electron chi connectivity index (χ1n) is 6.36. The van der Waals surface area contributed by atoms with Crippen LogP contribution < -0.4 is 10.6 Å². The Bertz CT molecular complexity index is 718. The van der Waals surface area contributed by atoms with Crippen LogP contribution in [0.3, 0.4) is 0 Å². The molecular formula is C15H12BrF2N3. The predicted octanol–water partition coefficient (Wildman–Crippen LogP) is 3.60. The Labute approximate surface area is 129 Å². The van der Waals surface area contributed by atoms with Crippen molar-refractivity contribution < 1.29 is 8.78 Å². The molecule has 6 heteroatoms. The number of anilines is 1. The van der Waals surface area contributed by atoms with Crippen molar-refractivity contribution >= 4 is 27.6 Å². The highest BCUT2D eigenvalue weighted by Gasteiger charge is 2.30.